The van der Waals surface area contributed by atoms with Crippen LogP contribution in [0.5, 0.6) is 11.6 Å². The van der Waals surface area contributed by atoms with E-state index in [1.807, 2.05) is 18.8 Å². The number of aromatic amines is 2. The van der Waals surface area contributed by atoms with Crippen molar-refractivity contribution in [2.24, 2.45) is 0 Å². The molecule has 0 spiro atoms. The molecule has 0 fully saturated rings. The lowest BCUT2D eigenvalue weighted by atomic mass is 9.84. The van der Waals surface area contributed by atoms with Crippen molar-refractivity contribution in [1.82, 2.24) is 25.0 Å². The SMILES string of the molecule is [B]c1c(Cl)c(Oc2n[nH]c(=O)c(C(C)C)c2C)c(Cl)c([B])c1-n1nc(C#N)c(=O)[nH]c1=O. The number of ether oxygens (including phenoxy) is 1. The highest BCUT2D eigenvalue weighted by Gasteiger charge is 2.24. The van der Waals surface area contributed by atoms with Crippen LogP contribution in [0.2, 0.25) is 10.0 Å². The third-order valence-electron chi connectivity index (χ3n) is 4.53. The van der Waals surface area contributed by atoms with E-state index in [9.17, 15) is 14.4 Å². The zero-order valence-corrected chi connectivity index (χ0v) is 18.4. The molecule has 0 saturated heterocycles. The van der Waals surface area contributed by atoms with Gasteiger partial charge in [0.25, 0.3) is 11.1 Å². The lowest BCUT2D eigenvalue weighted by molar-refractivity contribution is 0.448. The number of H-pyrrole nitrogens is 2. The Bertz CT molecular complexity index is 1440. The van der Waals surface area contributed by atoms with E-state index >= 15 is 0 Å². The molecule has 3 rings (SSSR count). The molecule has 0 aliphatic rings. The van der Waals surface area contributed by atoms with Crippen molar-refractivity contribution >= 4 is 49.8 Å². The first kappa shape index (κ1) is 23.4. The molecular formula is C18H12B2Cl2N6O4. The lowest BCUT2D eigenvalue weighted by Crippen LogP contribution is -2.39. The van der Waals surface area contributed by atoms with Crippen LogP contribution >= 0.6 is 23.2 Å². The molecule has 0 amide bonds. The fourth-order valence-electron chi connectivity index (χ4n) is 3.06. The molecule has 1 aromatic carbocycles. The first-order valence-corrected chi connectivity index (χ1v) is 9.72. The molecule has 3 aromatic rings. The number of nitriles is 1. The number of rotatable bonds is 4. The Hall–Kier alpha value is -3.29. The van der Waals surface area contributed by atoms with Gasteiger partial charge in [-0.2, -0.15) is 9.94 Å². The van der Waals surface area contributed by atoms with E-state index in [4.69, 9.17) is 48.9 Å². The Morgan fingerprint density at radius 3 is 2.25 bits per heavy atom. The molecule has 4 radical (unpaired) electrons. The molecule has 32 heavy (non-hydrogen) atoms. The first-order valence-electron chi connectivity index (χ1n) is 8.96. The highest BCUT2D eigenvalue weighted by atomic mass is 35.5. The zero-order chi connectivity index (χ0) is 23.9. The van der Waals surface area contributed by atoms with Gasteiger partial charge >= 0.3 is 5.69 Å². The quantitative estimate of drug-likeness (QED) is 0.512. The van der Waals surface area contributed by atoms with Crippen LogP contribution in [-0.2, 0) is 0 Å². The standard InChI is InChI=1S/C18H12B2Cl2N6O4/c1-5(2)8-6(3)17(26-25-16(8)30)32-14-11(21)9(19)13(10(20)12(14)22)28-18(31)24-15(29)7(4-23)27-28/h5H,1-3H3,(H,25,30)(H,24,29,31). The van der Waals surface area contributed by atoms with Crippen LogP contribution in [0.4, 0.5) is 0 Å². The smallest absolute Gasteiger partial charge is 0.349 e. The predicted molar refractivity (Wildman–Crippen MR) is 120 cm³/mol. The van der Waals surface area contributed by atoms with Gasteiger partial charge in [-0.25, -0.2) is 9.89 Å². The molecule has 0 atom stereocenters. The van der Waals surface area contributed by atoms with E-state index in [2.05, 4.69) is 15.3 Å². The van der Waals surface area contributed by atoms with Gasteiger partial charge in [0.15, 0.2) is 5.75 Å². The first-order chi connectivity index (χ1) is 15.0. The molecule has 0 bridgehead atoms. The molecule has 0 aliphatic heterocycles. The van der Waals surface area contributed by atoms with E-state index in [0.29, 0.717) is 15.8 Å². The monoisotopic (exact) mass is 468 g/mol. The highest BCUT2D eigenvalue weighted by molar-refractivity contribution is 6.55. The zero-order valence-electron chi connectivity index (χ0n) is 16.9. The van der Waals surface area contributed by atoms with E-state index < -0.39 is 16.9 Å². The van der Waals surface area contributed by atoms with Gasteiger partial charge in [-0.15, -0.1) is 10.2 Å². The maximum Gasteiger partial charge on any atom is 0.349 e. The van der Waals surface area contributed by atoms with Gasteiger partial charge in [0.2, 0.25) is 11.6 Å². The van der Waals surface area contributed by atoms with Gasteiger partial charge in [-0.1, -0.05) is 37.0 Å². The average molecular weight is 469 g/mol. The number of hydrogen-bond acceptors (Lipinski definition) is 7. The Morgan fingerprint density at radius 2 is 1.72 bits per heavy atom. The molecule has 0 aliphatic carbocycles. The van der Waals surface area contributed by atoms with Crippen LogP contribution in [0.1, 0.15) is 36.6 Å². The number of aromatic nitrogens is 5. The summed E-state index contributed by atoms with van der Waals surface area (Å²) in [6.07, 6.45) is 0. The maximum atomic E-state index is 12.3. The number of hydrogen-bond donors (Lipinski definition) is 2. The normalized spacial score (nSPS) is 10.9. The van der Waals surface area contributed by atoms with E-state index in [1.165, 1.54) is 0 Å². The molecule has 2 aromatic heterocycles. The fourth-order valence-corrected chi connectivity index (χ4v) is 3.55. The van der Waals surface area contributed by atoms with Gasteiger partial charge in [0, 0.05) is 11.1 Å². The minimum Gasteiger partial charge on any atom is -0.434 e. The summed E-state index contributed by atoms with van der Waals surface area (Å²) in [5.74, 6) is -0.294. The predicted octanol–water partition coefficient (Wildman–Crippen LogP) is -0.00570. The summed E-state index contributed by atoms with van der Waals surface area (Å²) in [6.45, 7) is 5.30. The average Bonchev–Trinajstić information content (AvgIpc) is 2.72. The van der Waals surface area contributed by atoms with Gasteiger partial charge in [-0.05, 0) is 23.8 Å². The highest BCUT2D eigenvalue weighted by Crippen LogP contribution is 2.36. The molecule has 14 heteroatoms. The lowest BCUT2D eigenvalue weighted by Gasteiger charge is -2.20. The van der Waals surface area contributed by atoms with Crippen molar-refractivity contribution < 1.29 is 4.74 Å². The van der Waals surface area contributed by atoms with Crippen LogP contribution in [0, 0.1) is 18.3 Å². The third kappa shape index (κ3) is 3.85. The molecular weight excluding hydrogens is 457 g/mol. The van der Waals surface area contributed by atoms with Gasteiger partial charge in [0.1, 0.15) is 21.8 Å². The van der Waals surface area contributed by atoms with Crippen molar-refractivity contribution in [3.63, 3.8) is 0 Å². The Labute approximate surface area is 193 Å². The van der Waals surface area contributed by atoms with Crippen LogP contribution in [-0.4, -0.2) is 40.7 Å². The minimum atomic E-state index is -1.02. The summed E-state index contributed by atoms with van der Waals surface area (Å²) in [7, 11) is 12.1. The van der Waals surface area contributed by atoms with Crippen LogP contribution in [0.25, 0.3) is 5.69 Å². The van der Waals surface area contributed by atoms with Crippen molar-refractivity contribution in [1.29, 1.82) is 5.26 Å². The molecule has 2 heterocycles. The Kier molecular flexibility index (Phi) is 6.34. The van der Waals surface area contributed by atoms with Crippen LogP contribution < -0.4 is 32.5 Å². The number of benzene rings is 1. The second-order valence-corrected chi connectivity index (χ2v) is 7.67. The van der Waals surface area contributed by atoms with Crippen molar-refractivity contribution in [2.45, 2.75) is 26.7 Å². The summed E-state index contributed by atoms with van der Waals surface area (Å²) in [4.78, 5) is 37.9. The van der Waals surface area contributed by atoms with E-state index in [1.54, 1.807) is 13.0 Å². The topological polar surface area (TPSA) is 147 Å². The molecule has 10 nitrogen and oxygen atoms in total. The largest absolute Gasteiger partial charge is 0.434 e. The summed E-state index contributed by atoms with van der Waals surface area (Å²) in [5.41, 5.74) is -2.85. The summed E-state index contributed by atoms with van der Waals surface area (Å²) >= 11 is 12.7. The Morgan fingerprint density at radius 1 is 1.12 bits per heavy atom. The number of nitrogens with one attached hydrogen (secondary N) is 2. The number of nitrogens with zero attached hydrogens (tertiary/aromatic N) is 4. The van der Waals surface area contributed by atoms with E-state index in [-0.39, 0.29) is 49.8 Å². The van der Waals surface area contributed by atoms with E-state index in [0.717, 1.165) is 0 Å². The third-order valence-corrected chi connectivity index (χ3v) is 5.28. The molecule has 0 saturated carbocycles. The van der Waals surface area contributed by atoms with Crippen LogP contribution in [0.3, 0.4) is 0 Å². The second-order valence-electron chi connectivity index (χ2n) is 6.92. The number of halogens is 2. The summed E-state index contributed by atoms with van der Waals surface area (Å²) in [5, 5.41) is 18.4. The van der Waals surface area contributed by atoms with Gasteiger partial charge in [0.05, 0.1) is 15.7 Å². The Balaban J connectivity index is 2.24. The molecule has 0 unspecified atom stereocenters. The molecule has 2 N–H and O–H groups in total. The van der Waals surface area contributed by atoms with Crippen molar-refractivity contribution in [2.75, 3.05) is 0 Å². The summed E-state index contributed by atoms with van der Waals surface area (Å²) in [6, 6.07) is 1.55. The van der Waals surface area contributed by atoms with Crippen molar-refractivity contribution in [3.05, 3.63) is 58.1 Å². The second kappa shape index (κ2) is 8.68. The van der Waals surface area contributed by atoms with Gasteiger partial charge in [-0.3, -0.25) is 14.6 Å². The molecule has 158 valence electrons. The van der Waals surface area contributed by atoms with Crippen molar-refractivity contribution in [3.8, 4) is 23.4 Å². The van der Waals surface area contributed by atoms with Gasteiger partial charge < -0.3 is 4.74 Å². The summed E-state index contributed by atoms with van der Waals surface area (Å²) < 4.78 is 6.34. The fraction of sp³-hybridized carbons (Fsp3) is 0.222. The maximum absolute atomic E-state index is 12.3. The minimum absolute atomic E-state index is 0.00903. The van der Waals surface area contributed by atoms with Crippen LogP contribution in [0.15, 0.2) is 14.4 Å².